The molecule has 0 atom stereocenters. The van der Waals surface area contributed by atoms with E-state index < -0.39 is 0 Å². The molecule has 0 bridgehead atoms. The van der Waals surface area contributed by atoms with Crippen molar-refractivity contribution in [3.63, 3.8) is 0 Å². The second-order valence-electron chi connectivity index (χ2n) is 5.83. The van der Waals surface area contributed by atoms with Crippen molar-refractivity contribution in [1.82, 2.24) is 15.2 Å². The largest absolute Gasteiger partial charge is 0.370 e. The average molecular weight is 306 g/mol. The third kappa shape index (κ3) is 6.43. The van der Waals surface area contributed by atoms with Crippen LogP contribution in [0.1, 0.15) is 43.5 Å². The lowest BCUT2D eigenvalue weighted by Gasteiger charge is -2.23. The second kappa shape index (κ2) is 10.2. The molecule has 0 unspecified atom stereocenters. The van der Waals surface area contributed by atoms with Crippen molar-refractivity contribution in [1.29, 1.82) is 0 Å². The Labute approximate surface area is 134 Å². The van der Waals surface area contributed by atoms with Crippen LogP contribution >= 0.6 is 0 Å². The van der Waals surface area contributed by atoms with Gasteiger partial charge < -0.3 is 15.1 Å². The van der Waals surface area contributed by atoms with Gasteiger partial charge in [0.05, 0.1) is 17.4 Å². The molecule has 0 aliphatic carbocycles. The molecule has 0 radical (unpaired) electrons. The predicted molar refractivity (Wildman–Crippen MR) is 92.5 cm³/mol. The molecule has 1 N–H and O–H groups in total. The molecular weight excluding hydrogens is 276 g/mol. The van der Waals surface area contributed by atoms with Crippen molar-refractivity contribution in [3.05, 3.63) is 24.0 Å². The van der Waals surface area contributed by atoms with E-state index in [1.165, 1.54) is 0 Å². The van der Waals surface area contributed by atoms with Crippen molar-refractivity contribution >= 4 is 11.6 Å². The van der Waals surface area contributed by atoms with Crippen molar-refractivity contribution < 1.29 is 4.79 Å². The molecule has 1 amide bonds. The minimum Gasteiger partial charge on any atom is -0.370 e. The molecule has 0 aromatic carbocycles. The van der Waals surface area contributed by atoms with E-state index in [0.717, 1.165) is 44.6 Å². The molecular formula is C17H30N4O. The Kier molecular flexibility index (Phi) is 8.51. The Morgan fingerprint density at radius 1 is 1.14 bits per heavy atom. The number of hydrogen-bond acceptors (Lipinski definition) is 4. The molecule has 1 heterocycles. The molecule has 0 saturated heterocycles. The Morgan fingerprint density at radius 3 is 2.41 bits per heavy atom. The zero-order chi connectivity index (χ0) is 16.4. The minimum atomic E-state index is -0.0407. The number of carbonyl (C=O) groups is 1. The summed E-state index contributed by atoms with van der Waals surface area (Å²) in [5.41, 5.74) is 1.67. The smallest absolute Gasteiger partial charge is 0.252 e. The fourth-order valence-electron chi connectivity index (χ4n) is 2.33. The van der Waals surface area contributed by atoms with Gasteiger partial charge in [0.15, 0.2) is 0 Å². The summed E-state index contributed by atoms with van der Waals surface area (Å²) in [4.78, 5) is 20.8. The van der Waals surface area contributed by atoms with Gasteiger partial charge in [0.2, 0.25) is 0 Å². The number of anilines is 1. The van der Waals surface area contributed by atoms with E-state index in [-0.39, 0.29) is 5.91 Å². The van der Waals surface area contributed by atoms with Crippen LogP contribution in [0, 0.1) is 0 Å². The number of pyridine rings is 1. The third-order valence-electron chi connectivity index (χ3n) is 3.41. The third-order valence-corrected chi connectivity index (χ3v) is 3.41. The highest BCUT2D eigenvalue weighted by Crippen LogP contribution is 2.15. The number of rotatable bonds is 10. The van der Waals surface area contributed by atoms with Gasteiger partial charge in [-0.3, -0.25) is 9.78 Å². The highest BCUT2D eigenvalue weighted by molar-refractivity contribution is 5.94. The molecule has 0 aliphatic heterocycles. The maximum atomic E-state index is 12.2. The highest BCUT2D eigenvalue weighted by Gasteiger charge is 2.10. The molecule has 22 heavy (non-hydrogen) atoms. The molecule has 5 nitrogen and oxygen atoms in total. The zero-order valence-corrected chi connectivity index (χ0v) is 14.4. The number of aromatic nitrogens is 1. The molecule has 1 rings (SSSR count). The van der Waals surface area contributed by atoms with Gasteiger partial charge in [-0.2, -0.15) is 0 Å². The van der Waals surface area contributed by atoms with Crippen molar-refractivity contribution in [2.75, 3.05) is 45.2 Å². The molecule has 0 spiro atoms. The molecule has 124 valence electrons. The van der Waals surface area contributed by atoms with E-state index in [4.69, 9.17) is 0 Å². The summed E-state index contributed by atoms with van der Waals surface area (Å²) in [6.45, 7) is 7.97. The van der Waals surface area contributed by atoms with Crippen LogP contribution in [-0.2, 0) is 0 Å². The topological polar surface area (TPSA) is 48.5 Å². The van der Waals surface area contributed by atoms with Gasteiger partial charge in [0.1, 0.15) is 0 Å². The number of hydrogen-bond donors (Lipinski definition) is 1. The van der Waals surface area contributed by atoms with Crippen LogP contribution in [-0.4, -0.2) is 56.1 Å². The van der Waals surface area contributed by atoms with E-state index in [9.17, 15) is 4.79 Å². The summed E-state index contributed by atoms with van der Waals surface area (Å²) in [5.74, 6) is -0.0407. The van der Waals surface area contributed by atoms with E-state index >= 15 is 0 Å². The molecule has 1 aromatic heterocycles. The maximum absolute atomic E-state index is 12.2. The van der Waals surface area contributed by atoms with Crippen LogP contribution in [0.15, 0.2) is 18.5 Å². The lowest BCUT2D eigenvalue weighted by Crippen LogP contribution is -2.28. The minimum absolute atomic E-state index is 0.0407. The van der Waals surface area contributed by atoms with E-state index in [0.29, 0.717) is 12.1 Å². The van der Waals surface area contributed by atoms with E-state index in [1.807, 2.05) is 26.4 Å². The van der Waals surface area contributed by atoms with E-state index in [1.54, 1.807) is 6.20 Å². The van der Waals surface area contributed by atoms with Gasteiger partial charge in [-0.1, -0.05) is 13.8 Å². The first-order valence-corrected chi connectivity index (χ1v) is 8.21. The summed E-state index contributed by atoms with van der Waals surface area (Å²) in [6, 6.07) is 1.94. The Morgan fingerprint density at radius 2 is 1.82 bits per heavy atom. The number of carbonyl (C=O) groups excluding carboxylic acids is 1. The highest BCUT2D eigenvalue weighted by atomic mass is 16.1. The maximum Gasteiger partial charge on any atom is 0.252 e. The number of amides is 1. The lowest BCUT2D eigenvalue weighted by atomic mass is 10.2. The van der Waals surface area contributed by atoms with Gasteiger partial charge in [0.25, 0.3) is 5.91 Å². The van der Waals surface area contributed by atoms with Gasteiger partial charge in [-0.05, 0) is 46.0 Å². The summed E-state index contributed by atoms with van der Waals surface area (Å²) in [5, 5.41) is 2.96. The fraction of sp³-hybridized carbons (Fsp3) is 0.647. The molecule has 5 heteroatoms. The van der Waals surface area contributed by atoms with Crippen LogP contribution in [0.25, 0.3) is 0 Å². The lowest BCUT2D eigenvalue weighted by molar-refractivity contribution is 0.0952. The van der Waals surface area contributed by atoms with Crippen molar-refractivity contribution in [3.8, 4) is 0 Å². The summed E-state index contributed by atoms with van der Waals surface area (Å²) >= 11 is 0. The van der Waals surface area contributed by atoms with Gasteiger partial charge >= 0.3 is 0 Å². The zero-order valence-electron chi connectivity index (χ0n) is 14.4. The second-order valence-corrected chi connectivity index (χ2v) is 5.83. The molecule has 0 saturated carbocycles. The number of nitrogens with zero attached hydrogens (tertiary/aromatic N) is 3. The number of nitrogens with one attached hydrogen (secondary N) is 1. The van der Waals surface area contributed by atoms with Crippen molar-refractivity contribution in [2.45, 2.75) is 33.1 Å². The summed E-state index contributed by atoms with van der Waals surface area (Å²) < 4.78 is 0. The normalized spacial score (nSPS) is 10.8. The van der Waals surface area contributed by atoms with Crippen molar-refractivity contribution in [2.24, 2.45) is 0 Å². The van der Waals surface area contributed by atoms with Crippen LogP contribution in [0.3, 0.4) is 0 Å². The molecule has 0 fully saturated rings. The standard InChI is InChI=1S/C17H30N4O/c1-5-9-21(10-6-2)16-12-15(13-18-14-16)17(22)19-8-7-11-20(3)4/h12-14H,5-11H2,1-4H3,(H,19,22). The Bertz CT molecular complexity index is 442. The summed E-state index contributed by atoms with van der Waals surface area (Å²) in [6.07, 6.45) is 6.60. The quantitative estimate of drug-likeness (QED) is 0.674. The van der Waals surface area contributed by atoms with Crippen LogP contribution in [0.2, 0.25) is 0 Å². The SMILES string of the molecule is CCCN(CCC)c1cncc(C(=O)NCCCN(C)C)c1. The summed E-state index contributed by atoms with van der Waals surface area (Å²) in [7, 11) is 4.07. The first-order chi connectivity index (χ1) is 10.6. The Balaban J connectivity index is 2.63. The van der Waals surface area contributed by atoms with E-state index in [2.05, 4.69) is 33.9 Å². The van der Waals surface area contributed by atoms with Gasteiger partial charge in [-0.25, -0.2) is 0 Å². The predicted octanol–water partition coefficient (Wildman–Crippen LogP) is 2.39. The van der Waals surface area contributed by atoms with Gasteiger partial charge in [-0.15, -0.1) is 0 Å². The van der Waals surface area contributed by atoms with Gasteiger partial charge in [0, 0.05) is 25.8 Å². The van der Waals surface area contributed by atoms with Crippen LogP contribution in [0.5, 0.6) is 0 Å². The monoisotopic (exact) mass is 306 g/mol. The first kappa shape index (κ1) is 18.4. The Hall–Kier alpha value is -1.62. The molecule has 1 aromatic rings. The van der Waals surface area contributed by atoms with Crippen LogP contribution in [0.4, 0.5) is 5.69 Å². The average Bonchev–Trinajstić information content (AvgIpc) is 2.51. The van der Waals surface area contributed by atoms with Crippen LogP contribution < -0.4 is 10.2 Å². The fourth-order valence-corrected chi connectivity index (χ4v) is 2.33. The molecule has 0 aliphatic rings. The first-order valence-electron chi connectivity index (χ1n) is 8.21.